The zero-order chi connectivity index (χ0) is 20.7. The summed E-state index contributed by atoms with van der Waals surface area (Å²) in [5.41, 5.74) is 2.87. The van der Waals surface area contributed by atoms with Crippen molar-refractivity contribution in [2.75, 3.05) is 24.4 Å². The van der Waals surface area contributed by atoms with E-state index in [-0.39, 0.29) is 10.9 Å². The van der Waals surface area contributed by atoms with Crippen molar-refractivity contribution in [2.24, 2.45) is 0 Å². The van der Waals surface area contributed by atoms with E-state index in [1.54, 1.807) is 30.3 Å². The average molecular weight is 417 g/mol. The monoisotopic (exact) mass is 416 g/mol. The number of anilines is 1. The lowest BCUT2D eigenvalue weighted by Crippen LogP contribution is -2.32. The molecule has 0 radical (unpaired) electrons. The van der Waals surface area contributed by atoms with Crippen molar-refractivity contribution in [3.05, 3.63) is 59.7 Å². The summed E-state index contributed by atoms with van der Waals surface area (Å²) >= 11 is 0. The lowest BCUT2D eigenvalue weighted by atomic mass is 9.98. The summed E-state index contributed by atoms with van der Waals surface area (Å²) in [6, 6.07) is 14.2. The number of hydrogen-bond donors (Lipinski definition) is 1. The highest BCUT2D eigenvalue weighted by molar-refractivity contribution is 7.92. The maximum absolute atomic E-state index is 12.7. The number of rotatable bonds is 9. The number of fused-ring (bicyclic) bond motifs is 1. The molecule has 1 N–H and O–H groups in total. The molecule has 0 bridgehead atoms. The third-order valence-corrected chi connectivity index (χ3v) is 6.43. The zero-order valence-electron chi connectivity index (χ0n) is 16.8. The smallest absolute Gasteiger partial charge is 0.305 e. The van der Waals surface area contributed by atoms with Crippen LogP contribution in [0.1, 0.15) is 37.3 Å². The van der Waals surface area contributed by atoms with Crippen LogP contribution in [0.4, 0.5) is 5.69 Å². The molecule has 0 spiro atoms. The standard InChI is InChI=1S/C22H28N2O4S/c1-2-28-22(25)13-6-7-15-24-16-14-20-18(17-24)9-8-12-21(20)23-29(26,27)19-10-4-3-5-11-19/h3-5,8-12,23H,2,6-7,13-17H2,1H3. The Kier molecular flexibility index (Phi) is 7.28. The maximum atomic E-state index is 12.7. The molecule has 2 aromatic rings. The molecule has 0 saturated heterocycles. The van der Waals surface area contributed by atoms with E-state index in [1.165, 1.54) is 0 Å². The molecule has 1 heterocycles. The number of nitrogens with one attached hydrogen (secondary N) is 1. The van der Waals surface area contributed by atoms with Crippen molar-refractivity contribution in [3.8, 4) is 0 Å². The lowest BCUT2D eigenvalue weighted by molar-refractivity contribution is -0.143. The van der Waals surface area contributed by atoms with Crippen molar-refractivity contribution in [2.45, 2.75) is 44.0 Å². The van der Waals surface area contributed by atoms with Gasteiger partial charge in [-0.3, -0.25) is 14.4 Å². The first-order valence-electron chi connectivity index (χ1n) is 10.1. The topological polar surface area (TPSA) is 75.7 Å². The van der Waals surface area contributed by atoms with Crippen molar-refractivity contribution in [1.82, 2.24) is 4.90 Å². The predicted molar refractivity (Wildman–Crippen MR) is 113 cm³/mol. The van der Waals surface area contributed by atoms with Gasteiger partial charge in [0.05, 0.1) is 17.2 Å². The highest BCUT2D eigenvalue weighted by atomic mass is 32.2. The fourth-order valence-corrected chi connectivity index (χ4v) is 4.71. The Morgan fingerprint density at radius 3 is 2.66 bits per heavy atom. The van der Waals surface area contributed by atoms with E-state index in [0.29, 0.717) is 18.7 Å². The Morgan fingerprint density at radius 2 is 1.90 bits per heavy atom. The number of hydrogen-bond acceptors (Lipinski definition) is 5. The first-order chi connectivity index (χ1) is 14.0. The van der Waals surface area contributed by atoms with Gasteiger partial charge >= 0.3 is 5.97 Å². The molecule has 6 nitrogen and oxygen atoms in total. The number of benzene rings is 2. The summed E-state index contributed by atoms with van der Waals surface area (Å²) in [7, 11) is -3.60. The number of sulfonamides is 1. The molecule has 0 fully saturated rings. The molecular formula is C22H28N2O4S. The second kappa shape index (κ2) is 9.89. The van der Waals surface area contributed by atoms with Crippen LogP contribution in [0.25, 0.3) is 0 Å². The molecule has 3 rings (SSSR count). The van der Waals surface area contributed by atoms with Gasteiger partial charge in [0.2, 0.25) is 0 Å². The summed E-state index contributed by atoms with van der Waals surface area (Å²) in [4.78, 5) is 14.0. The maximum Gasteiger partial charge on any atom is 0.305 e. The molecule has 156 valence electrons. The van der Waals surface area contributed by atoms with Crippen molar-refractivity contribution < 1.29 is 17.9 Å². The van der Waals surface area contributed by atoms with E-state index in [9.17, 15) is 13.2 Å². The van der Waals surface area contributed by atoms with Crippen molar-refractivity contribution >= 4 is 21.7 Å². The van der Waals surface area contributed by atoms with Gasteiger partial charge in [-0.1, -0.05) is 30.3 Å². The molecule has 7 heteroatoms. The minimum Gasteiger partial charge on any atom is -0.466 e. The molecule has 0 atom stereocenters. The van der Waals surface area contributed by atoms with Crippen LogP contribution in [0.2, 0.25) is 0 Å². The predicted octanol–water partition coefficient (Wildman–Crippen LogP) is 3.58. The number of unbranched alkanes of at least 4 members (excludes halogenated alkanes) is 1. The third-order valence-electron chi connectivity index (χ3n) is 5.05. The van der Waals surface area contributed by atoms with E-state index in [4.69, 9.17) is 4.74 Å². The van der Waals surface area contributed by atoms with Gasteiger partial charge in [-0.15, -0.1) is 0 Å². The minimum absolute atomic E-state index is 0.133. The van der Waals surface area contributed by atoms with Gasteiger partial charge in [0.15, 0.2) is 0 Å². The first kappa shape index (κ1) is 21.3. The average Bonchev–Trinajstić information content (AvgIpc) is 2.72. The molecule has 0 amide bonds. The second-order valence-corrected chi connectivity index (χ2v) is 8.83. The van der Waals surface area contributed by atoms with E-state index >= 15 is 0 Å². The van der Waals surface area contributed by atoms with E-state index in [1.807, 2.05) is 19.1 Å². The quantitative estimate of drug-likeness (QED) is 0.500. The third kappa shape index (κ3) is 5.81. The largest absolute Gasteiger partial charge is 0.466 e. The Labute approximate surface area is 172 Å². The minimum atomic E-state index is -3.60. The molecule has 2 aromatic carbocycles. The molecule has 0 saturated carbocycles. The number of carbonyl (C=O) groups excluding carboxylic acids is 1. The summed E-state index contributed by atoms with van der Waals surface area (Å²) in [5.74, 6) is -0.133. The van der Waals surface area contributed by atoms with Gasteiger partial charge in [-0.25, -0.2) is 8.42 Å². The van der Waals surface area contributed by atoms with Crippen LogP contribution in [0.3, 0.4) is 0 Å². The zero-order valence-corrected chi connectivity index (χ0v) is 17.6. The molecule has 29 heavy (non-hydrogen) atoms. The Morgan fingerprint density at radius 1 is 1.10 bits per heavy atom. The molecule has 1 aliphatic rings. The van der Waals surface area contributed by atoms with Crippen LogP contribution < -0.4 is 4.72 Å². The summed E-state index contributed by atoms with van der Waals surface area (Å²) in [6.07, 6.45) is 3.01. The van der Waals surface area contributed by atoms with Gasteiger partial charge in [-0.05, 0) is 62.1 Å². The highest BCUT2D eigenvalue weighted by Gasteiger charge is 2.21. The van der Waals surface area contributed by atoms with Gasteiger partial charge in [-0.2, -0.15) is 0 Å². The van der Waals surface area contributed by atoms with E-state index in [2.05, 4.69) is 15.7 Å². The normalized spacial score (nSPS) is 14.2. The van der Waals surface area contributed by atoms with Gasteiger partial charge in [0, 0.05) is 19.5 Å². The number of ether oxygens (including phenoxy) is 1. The van der Waals surface area contributed by atoms with Crippen molar-refractivity contribution in [3.63, 3.8) is 0 Å². The van der Waals surface area contributed by atoms with Gasteiger partial charge in [0.1, 0.15) is 0 Å². The molecule has 0 aromatic heterocycles. The molecule has 0 aliphatic carbocycles. The number of nitrogens with zero attached hydrogens (tertiary/aromatic N) is 1. The SMILES string of the molecule is CCOC(=O)CCCCN1CCc2c(cccc2NS(=O)(=O)c2ccccc2)C1. The lowest BCUT2D eigenvalue weighted by Gasteiger charge is -2.30. The molecular weight excluding hydrogens is 388 g/mol. The number of carbonyl (C=O) groups is 1. The Bertz CT molecular complexity index is 929. The summed E-state index contributed by atoms with van der Waals surface area (Å²) in [6.45, 7) is 4.82. The first-order valence-corrected chi connectivity index (χ1v) is 11.5. The van der Waals surface area contributed by atoms with E-state index < -0.39 is 10.0 Å². The molecule has 0 unspecified atom stereocenters. The van der Waals surface area contributed by atoms with Gasteiger partial charge < -0.3 is 4.74 Å². The number of esters is 1. The van der Waals surface area contributed by atoms with Crippen LogP contribution in [-0.2, 0) is 32.5 Å². The van der Waals surface area contributed by atoms with Crippen LogP contribution >= 0.6 is 0 Å². The summed E-state index contributed by atoms with van der Waals surface area (Å²) < 4.78 is 33.1. The van der Waals surface area contributed by atoms with Crippen LogP contribution in [0.5, 0.6) is 0 Å². The Balaban J connectivity index is 1.60. The highest BCUT2D eigenvalue weighted by Crippen LogP contribution is 2.28. The molecule has 1 aliphatic heterocycles. The second-order valence-electron chi connectivity index (χ2n) is 7.15. The van der Waals surface area contributed by atoms with Crippen LogP contribution in [0, 0.1) is 0 Å². The van der Waals surface area contributed by atoms with Gasteiger partial charge in [0.25, 0.3) is 10.0 Å². The summed E-state index contributed by atoms with van der Waals surface area (Å²) in [5, 5.41) is 0. The van der Waals surface area contributed by atoms with Crippen LogP contribution in [0.15, 0.2) is 53.4 Å². The fourth-order valence-electron chi connectivity index (χ4n) is 3.60. The van der Waals surface area contributed by atoms with E-state index in [0.717, 1.165) is 50.0 Å². The van der Waals surface area contributed by atoms with Crippen LogP contribution in [-0.4, -0.2) is 39.0 Å². The Hall–Kier alpha value is -2.38. The van der Waals surface area contributed by atoms with Crippen molar-refractivity contribution in [1.29, 1.82) is 0 Å². The fraction of sp³-hybridized carbons (Fsp3) is 0.409.